The molecule has 186 valence electrons. The molecular weight excluding hydrogens is 468 g/mol. The molecule has 37 heavy (non-hydrogen) atoms. The molecule has 1 fully saturated rings. The first-order chi connectivity index (χ1) is 17.9. The van der Waals surface area contributed by atoms with Gasteiger partial charge in [0.2, 0.25) is 5.91 Å². The van der Waals surface area contributed by atoms with E-state index in [0.717, 1.165) is 22.3 Å². The van der Waals surface area contributed by atoms with E-state index in [2.05, 4.69) is 5.32 Å². The Labute approximate surface area is 215 Å². The summed E-state index contributed by atoms with van der Waals surface area (Å²) in [7, 11) is -1.54. The summed E-state index contributed by atoms with van der Waals surface area (Å²) in [5.41, 5.74) is 3.91. The number of rotatable bonds is 8. The Bertz CT molecular complexity index is 1380. The van der Waals surface area contributed by atoms with Gasteiger partial charge < -0.3 is 20.5 Å². The molecule has 1 saturated heterocycles. The Morgan fingerprint density at radius 1 is 0.838 bits per heavy atom. The van der Waals surface area contributed by atoms with Crippen LogP contribution in [0.15, 0.2) is 103 Å². The summed E-state index contributed by atoms with van der Waals surface area (Å²) in [6.45, 7) is 0. The van der Waals surface area contributed by atoms with Gasteiger partial charge in [0.15, 0.2) is 0 Å². The van der Waals surface area contributed by atoms with Crippen molar-refractivity contribution in [2.24, 2.45) is 5.92 Å². The number of carbonyl (C=O) groups excluding carboxylic acids is 1. The van der Waals surface area contributed by atoms with Crippen LogP contribution in [-0.4, -0.2) is 28.2 Å². The summed E-state index contributed by atoms with van der Waals surface area (Å²) in [5.74, 6) is -0.840. The Morgan fingerprint density at radius 3 is 2.16 bits per heavy atom. The lowest BCUT2D eigenvalue weighted by atomic mass is 9.64. The molecule has 0 bridgehead atoms. The van der Waals surface area contributed by atoms with Crippen LogP contribution >= 0.6 is 0 Å². The van der Waals surface area contributed by atoms with Crippen molar-refractivity contribution in [2.45, 2.75) is 24.5 Å². The lowest BCUT2D eigenvalue weighted by Gasteiger charge is -2.50. The topological polar surface area (TPSA) is 89.8 Å². The monoisotopic (exact) mass is 495 g/mol. The van der Waals surface area contributed by atoms with E-state index in [0.29, 0.717) is 23.9 Å². The normalized spacial score (nSPS) is 19.6. The summed E-state index contributed by atoms with van der Waals surface area (Å²) in [4.78, 5) is 12.9. The van der Waals surface area contributed by atoms with E-state index < -0.39 is 24.7 Å². The van der Waals surface area contributed by atoms with Gasteiger partial charge in [-0.3, -0.25) is 4.79 Å². The van der Waals surface area contributed by atoms with Crippen molar-refractivity contribution >= 4 is 18.5 Å². The summed E-state index contributed by atoms with van der Waals surface area (Å²) in [5, 5.41) is 32.9. The minimum absolute atomic E-state index is 0.0797. The highest BCUT2D eigenvalue weighted by atomic mass is 19.1. The summed E-state index contributed by atoms with van der Waals surface area (Å²) < 4.78 is 13.3. The molecule has 1 aliphatic rings. The SMILES string of the molecule is O=C1N[C@@](c2ccccc2)(c2ccc(-c3cccc(B(O)O)c3)cc2)[C@H]1CC[C@H](O)c1ccc(F)cc1. The van der Waals surface area contributed by atoms with E-state index in [-0.39, 0.29) is 11.7 Å². The third-order valence-corrected chi connectivity index (χ3v) is 7.23. The number of amides is 1. The van der Waals surface area contributed by atoms with Gasteiger partial charge in [0.05, 0.1) is 12.0 Å². The van der Waals surface area contributed by atoms with Gasteiger partial charge in [-0.1, -0.05) is 91.0 Å². The molecule has 4 N–H and O–H groups in total. The van der Waals surface area contributed by atoms with Crippen LogP contribution in [-0.2, 0) is 10.3 Å². The number of aliphatic hydroxyl groups is 1. The first kappa shape index (κ1) is 24.9. The number of hydrogen-bond donors (Lipinski definition) is 4. The number of carbonyl (C=O) groups is 1. The molecule has 4 aromatic rings. The van der Waals surface area contributed by atoms with Gasteiger partial charge in [-0.25, -0.2) is 4.39 Å². The van der Waals surface area contributed by atoms with Crippen LogP contribution in [0.25, 0.3) is 11.1 Å². The van der Waals surface area contributed by atoms with Gasteiger partial charge >= 0.3 is 7.12 Å². The Hall–Kier alpha value is -3.78. The molecule has 1 aliphatic heterocycles. The minimum Gasteiger partial charge on any atom is -0.423 e. The van der Waals surface area contributed by atoms with Crippen LogP contribution in [0.5, 0.6) is 0 Å². The zero-order valence-corrected chi connectivity index (χ0v) is 20.1. The predicted molar refractivity (Wildman–Crippen MR) is 141 cm³/mol. The van der Waals surface area contributed by atoms with Crippen molar-refractivity contribution in [3.8, 4) is 11.1 Å². The fourth-order valence-electron chi connectivity index (χ4n) is 5.23. The number of nitrogens with one attached hydrogen (secondary N) is 1. The highest BCUT2D eigenvalue weighted by Crippen LogP contribution is 2.46. The van der Waals surface area contributed by atoms with Crippen molar-refractivity contribution < 1.29 is 24.3 Å². The maximum absolute atomic E-state index is 13.3. The second-order valence-corrected chi connectivity index (χ2v) is 9.44. The molecule has 4 aromatic carbocycles. The molecule has 0 aliphatic carbocycles. The van der Waals surface area contributed by atoms with Crippen molar-refractivity contribution in [3.63, 3.8) is 0 Å². The number of hydrogen-bond acceptors (Lipinski definition) is 4. The molecule has 0 aromatic heterocycles. The quantitative estimate of drug-likeness (QED) is 0.222. The van der Waals surface area contributed by atoms with Gasteiger partial charge in [-0.15, -0.1) is 0 Å². The Balaban J connectivity index is 1.45. The van der Waals surface area contributed by atoms with Crippen LogP contribution in [0.2, 0.25) is 0 Å². The highest BCUT2D eigenvalue weighted by molar-refractivity contribution is 6.58. The van der Waals surface area contributed by atoms with Crippen LogP contribution in [0.1, 0.15) is 35.6 Å². The van der Waals surface area contributed by atoms with E-state index in [4.69, 9.17) is 0 Å². The second-order valence-electron chi connectivity index (χ2n) is 9.44. The van der Waals surface area contributed by atoms with Crippen LogP contribution in [0.3, 0.4) is 0 Å². The first-order valence-corrected chi connectivity index (χ1v) is 12.3. The molecular formula is C30H27BFNO4. The largest absolute Gasteiger partial charge is 0.488 e. The molecule has 0 spiro atoms. The number of benzene rings is 4. The van der Waals surface area contributed by atoms with Gasteiger partial charge in [-0.2, -0.15) is 0 Å². The lowest BCUT2D eigenvalue weighted by Crippen LogP contribution is -2.67. The van der Waals surface area contributed by atoms with Crippen LogP contribution in [0.4, 0.5) is 4.39 Å². The average molecular weight is 495 g/mol. The zero-order valence-electron chi connectivity index (χ0n) is 20.1. The molecule has 1 heterocycles. The Kier molecular flexibility index (Phi) is 6.93. The predicted octanol–water partition coefficient (Wildman–Crippen LogP) is 3.68. The van der Waals surface area contributed by atoms with Crippen LogP contribution < -0.4 is 10.8 Å². The lowest BCUT2D eigenvalue weighted by molar-refractivity contribution is -0.140. The molecule has 0 radical (unpaired) electrons. The standard InChI is InChI=1S/C30H27BFNO4/c32-26-15-11-21(12-16-26)28(34)18-17-27-29(35)33-30(27,23-6-2-1-3-7-23)24-13-9-20(10-14-24)22-5-4-8-25(19-22)31(36)37/h1-16,19,27-28,34,36-37H,17-18H2,(H,33,35)/t27-,28-,30-/m0/s1. The van der Waals surface area contributed by atoms with Gasteiger partial charge in [0.25, 0.3) is 0 Å². The Morgan fingerprint density at radius 2 is 1.51 bits per heavy atom. The maximum Gasteiger partial charge on any atom is 0.488 e. The number of β-lactam (4-membered cyclic amide) rings is 1. The first-order valence-electron chi connectivity index (χ1n) is 12.3. The molecule has 7 heteroatoms. The summed E-state index contributed by atoms with van der Waals surface area (Å²) in [6, 6.07) is 30.5. The van der Waals surface area contributed by atoms with Crippen LogP contribution in [0, 0.1) is 11.7 Å². The number of halogens is 1. The van der Waals surface area contributed by atoms with Gasteiger partial charge in [0, 0.05) is 0 Å². The molecule has 1 amide bonds. The smallest absolute Gasteiger partial charge is 0.423 e. The van der Waals surface area contributed by atoms with Crippen molar-refractivity contribution in [3.05, 3.63) is 126 Å². The van der Waals surface area contributed by atoms with Crippen molar-refractivity contribution in [1.29, 1.82) is 0 Å². The maximum atomic E-state index is 13.3. The number of aliphatic hydroxyl groups excluding tert-OH is 1. The van der Waals surface area contributed by atoms with E-state index in [1.807, 2.05) is 60.7 Å². The molecule has 0 unspecified atom stereocenters. The van der Waals surface area contributed by atoms with E-state index in [1.165, 1.54) is 12.1 Å². The highest BCUT2D eigenvalue weighted by Gasteiger charge is 2.55. The molecule has 3 atom stereocenters. The molecule has 5 nitrogen and oxygen atoms in total. The van der Waals surface area contributed by atoms with Gasteiger partial charge in [0.1, 0.15) is 11.4 Å². The molecule has 0 saturated carbocycles. The summed E-state index contributed by atoms with van der Waals surface area (Å²) >= 11 is 0. The average Bonchev–Trinajstić information content (AvgIpc) is 2.92. The fourth-order valence-corrected chi connectivity index (χ4v) is 5.23. The van der Waals surface area contributed by atoms with E-state index >= 15 is 0 Å². The third kappa shape index (κ3) is 4.81. The third-order valence-electron chi connectivity index (χ3n) is 7.23. The zero-order chi connectivity index (χ0) is 26.0. The van der Waals surface area contributed by atoms with E-state index in [1.54, 1.807) is 30.3 Å². The molecule has 5 rings (SSSR count). The van der Waals surface area contributed by atoms with E-state index in [9.17, 15) is 24.3 Å². The fraction of sp³-hybridized carbons (Fsp3) is 0.167. The van der Waals surface area contributed by atoms with Crippen molar-refractivity contribution in [1.82, 2.24) is 5.32 Å². The summed E-state index contributed by atoms with van der Waals surface area (Å²) in [6.07, 6.45) is -0.0107. The second kappa shape index (κ2) is 10.3. The van der Waals surface area contributed by atoms with Gasteiger partial charge in [-0.05, 0) is 58.3 Å². The minimum atomic E-state index is -1.54. The van der Waals surface area contributed by atoms with Crippen molar-refractivity contribution in [2.75, 3.05) is 0 Å².